The van der Waals surface area contributed by atoms with Crippen molar-refractivity contribution < 1.29 is 14.3 Å². The van der Waals surface area contributed by atoms with Crippen LogP contribution in [0.4, 0.5) is 0 Å². The number of amides is 1. The van der Waals surface area contributed by atoms with E-state index in [-0.39, 0.29) is 11.8 Å². The van der Waals surface area contributed by atoms with Crippen molar-refractivity contribution in [1.82, 2.24) is 10.3 Å². The molecule has 0 spiro atoms. The molecule has 1 heterocycles. The van der Waals surface area contributed by atoms with E-state index in [9.17, 15) is 4.79 Å². The standard InChI is InChI=1S/C25H23BrN2O3/c1-30-23-9-5-7-19(24(23)31-2)21(20-14-27-22-8-4-3-6-18(20)22)15-28-25(29)16-10-12-17(26)13-11-16/h3-14,21,27H,15H2,1-2H3,(H,28,29). The third-order valence-corrected chi connectivity index (χ3v) is 5.91. The maximum Gasteiger partial charge on any atom is 0.251 e. The van der Waals surface area contributed by atoms with Crippen LogP contribution in [0.25, 0.3) is 10.9 Å². The van der Waals surface area contributed by atoms with Gasteiger partial charge in [0, 0.05) is 45.2 Å². The molecule has 4 rings (SSSR count). The second kappa shape index (κ2) is 9.27. The minimum atomic E-state index is -0.138. The van der Waals surface area contributed by atoms with Gasteiger partial charge in [-0.3, -0.25) is 4.79 Å². The highest BCUT2D eigenvalue weighted by molar-refractivity contribution is 9.10. The molecule has 3 aromatic carbocycles. The number of H-pyrrole nitrogens is 1. The van der Waals surface area contributed by atoms with Crippen LogP contribution in [0.5, 0.6) is 11.5 Å². The molecule has 0 aliphatic heterocycles. The van der Waals surface area contributed by atoms with Gasteiger partial charge in [0.2, 0.25) is 0 Å². The smallest absolute Gasteiger partial charge is 0.251 e. The summed E-state index contributed by atoms with van der Waals surface area (Å²) in [6.07, 6.45) is 2.00. The largest absolute Gasteiger partial charge is 0.493 e. The van der Waals surface area contributed by atoms with E-state index in [2.05, 4.69) is 32.3 Å². The van der Waals surface area contributed by atoms with E-state index in [1.165, 1.54) is 0 Å². The molecule has 6 heteroatoms. The van der Waals surface area contributed by atoms with Gasteiger partial charge in [0.05, 0.1) is 14.2 Å². The number of halogens is 1. The number of hydrogen-bond donors (Lipinski definition) is 2. The summed E-state index contributed by atoms with van der Waals surface area (Å²) in [5.74, 6) is 1.06. The first-order valence-electron chi connectivity index (χ1n) is 9.93. The lowest BCUT2D eigenvalue weighted by Gasteiger charge is -2.22. The molecule has 0 fully saturated rings. The number of benzene rings is 3. The Labute approximate surface area is 189 Å². The Kier molecular flexibility index (Phi) is 6.28. The summed E-state index contributed by atoms with van der Waals surface area (Å²) in [6, 6.07) is 21.3. The molecule has 1 aromatic heterocycles. The first-order chi connectivity index (χ1) is 15.1. The van der Waals surface area contributed by atoms with Crippen LogP contribution in [0.15, 0.2) is 77.4 Å². The second-order valence-corrected chi connectivity index (χ2v) is 8.06. The molecule has 0 saturated heterocycles. The molecule has 0 radical (unpaired) electrons. The number of aromatic amines is 1. The summed E-state index contributed by atoms with van der Waals surface area (Å²) in [6.45, 7) is 0.403. The first kappa shape index (κ1) is 21.0. The lowest BCUT2D eigenvalue weighted by molar-refractivity contribution is 0.0952. The molecular formula is C25H23BrN2O3. The summed E-state index contributed by atoms with van der Waals surface area (Å²) in [5, 5.41) is 4.20. The van der Waals surface area contributed by atoms with Gasteiger partial charge in [0.15, 0.2) is 11.5 Å². The molecule has 158 valence electrons. The SMILES string of the molecule is COc1cccc(C(CNC(=O)c2ccc(Br)cc2)c2c[nH]c3ccccc23)c1OC. The Balaban J connectivity index is 1.73. The predicted octanol–water partition coefficient (Wildman–Crippen LogP) is 5.51. The maximum absolute atomic E-state index is 12.8. The monoisotopic (exact) mass is 478 g/mol. The zero-order valence-corrected chi connectivity index (χ0v) is 18.9. The van der Waals surface area contributed by atoms with Gasteiger partial charge in [-0.2, -0.15) is 0 Å². The summed E-state index contributed by atoms with van der Waals surface area (Å²) >= 11 is 3.40. The number of carbonyl (C=O) groups is 1. The van der Waals surface area contributed by atoms with Gasteiger partial charge >= 0.3 is 0 Å². The Morgan fingerprint density at radius 3 is 2.48 bits per heavy atom. The molecule has 0 aliphatic carbocycles. The van der Waals surface area contributed by atoms with E-state index in [0.717, 1.165) is 26.5 Å². The minimum absolute atomic E-state index is 0.126. The van der Waals surface area contributed by atoms with Gasteiger partial charge < -0.3 is 19.8 Å². The zero-order valence-electron chi connectivity index (χ0n) is 17.3. The molecule has 31 heavy (non-hydrogen) atoms. The van der Waals surface area contributed by atoms with Crippen LogP contribution in [-0.4, -0.2) is 31.7 Å². The second-order valence-electron chi connectivity index (χ2n) is 7.14. The van der Waals surface area contributed by atoms with Crippen molar-refractivity contribution in [2.75, 3.05) is 20.8 Å². The molecule has 2 N–H and O–H groups in total. The fourth-order valence-corrected chi connectivity index (χ4v) is 4.12. The maximum atomic E-state index is 12.8. The van der Waals surface area contributed by atoms with Crippen molar-refractivity contribution in [3.63, 3.8) is 0 Å². The number of fused-ring (bicyclic) bond motifs is 1. The molecule has 1 amide bonds. The van der Waals surface area contributed by atoms with Crippen LogP contribution in [-0.2, 0) is 0 Å². The predicted molar refractivity (Wildman–Crippen MR) is 126 cm³/mol. The Morgan fingerprint density at radius 1 is 0.968 bits per heavy atom. The summed E-state index contributed by atoms with van der Waals surface area (Å²) in [7, 11) is 3.26. The van der Waals surface area contributed by atoms with E-state index < -0.39 is 0 Å². The molecule has 4 aromatic rings. The summed E-state index contributed by atoms with van der Waals surface area (Å²) < 4.78 is 12.2. The number of carbonyl (C=O) groups excluding carboxylic acids is 1. The molecule has 1 atom stereocenters. The minimum Gasteiger partial charge on any atom is -0.493 e. The van der Waals surface area contributed by atoms with Crippen LogP contribution in [0.2, 0.25) is 0 Å². The highest BCUT2D eigenvalue weighted by Crippen LogP contribution is 2.40. The number of rotatable bonds is 7. The first-order valence-corrected chi connectivity index (χ1v) is 10.7. The number of ether oxygens (including phenoxy) is 2. The fraction of sp³-hybridized carbons (Fsp3) is 0.160. The molecule has 1 unspecified atom stereocenters. The number of hydrogen-bond acceptors (Lipinski definition) is 3. The summed E-state index contributed by atoms with van der Waals surface area (Å²) in [4.78, 5) is 16.2. The highest BCUT2D eigenvalue weighted by atomic mass is 79.9. The van der Waals surface area contributed by atoms with Crippen molar-refractivity contribution in [3.05, 3.63) is 94.1 Å². The van der Waals surface area contributed by atoms with Crippen LogP contribution in [0, 0.1) is 0 Å². The van der Waals surface area contributed by atoms with Crippen molar-refractivity contribution in [3.8, 4) is 11.5 Å². The lowest BCUT2D eigenvalue weighted by atomic mass is 9.89. The van der Waals surface area contributed by atoms with Gasteiger partial charge in [0.1, 0.15) is 0 Å². The van der Waals surface area contributed by atoms with Crippen molar-refractivity contribution in [1.29, 1.82) is 0 Å². The van der Waals surface area contributed by atoms with Crippen LogP contribution in [0.3, 0.4) is 0 Å². The van der Waals surface area contributed by atoms with Gasteiger partial charge in [-0.1, -0.05) is 46.3 Å². The number of nitrogens with one attached hydrogen (secondary N) is 2. The number of para-hydroxylation sites is 2. The molecule has 0 aliphatic rings. The average Bonchev–Trinajstić information content (AvgIpc) is 3.23. The third-order valence-electron chi connectivity index (χ3n) is 5.38. The fourth-order valence-electron chi connectivity index (χ4n) is 3.85. The average molecular weight is 479 g/mol. The Bertz CT molecular complexity index is 1200. The van der Waals surface area contributed by atoms with Crippen LogP contribution >= 0.6 is 15.9 Å². The van der Waals surface area contributed by atoms with Crippen molar-refractivity contribution >= 4 is 32.7 Å². The normalized spacial score (nSPS) is 11.8. The van der Waals surface area contributed by atoms with E-state index in [1.54, 1.807) is 26.4 Å². The van der Waals surface area contributed by atoms with Gasteiger partial charge in [0.25, 0.3) is 5.91 Å². The van der Waals surface area contributed by atoms with Crippen LogP contribution in [0.1, 0.15) is 27.4 Å². The zero-order chi connectivity index (χ0) is 21.8. The number of aromatic nitrogens is 1. The summed E-state index contributed by atoms with van der Waals surface area (Å²) in [5.41, 5.74) is 3.68. The highest BCUT2D eigenvalue weighted by Gasteiger charge is 2.24. The van der Waals surface area contributed by atoms with Gasteiger partial charge in [-0.25, -0.2) is 0 Å². The van der Waals surface area contributed by atoms with Gasteiger partial charge in [-0.15, -0.1) is 0 Å². The third kappa shape index (κ3) is 4.30. The lowest BCUT2D eigenvalue weighted by Crippen LogP contribution is -2.29. The van der Waals surface area contributed by atoms with Gasteiger partial charge in [-0.05, 0) is 42.0 Å². The van der Waals surface area contributed by atoms with Crippen LogP contribution < -0.4 is 14.8 Å². The number of methoxy groups -OCH3 is 2. The van der Waals surface area contributed by atoms with E-state index >= 15 is 0 Å². The molecule has 0 bridgehead atoms. The quantitative estimate of drug-likeness (QED) is 0.368. The van der Waals surface area contributed by atoms with E-state index in [4.69, 9.17) is 9.47 Å². The molecule has 5 nitrogen and oxygen atoms in total. The Morgan fingerprint density at radius 2 is 1.74 bits per heavy atom. The van der Waals surface area contributed by atoms with Crippen molar-refractivity contribution in [2.45, 2.75) is 5.92 Å². The van der Waals surface area contributed by atoms with Crippen molar-refractivity contribution in [2.24, 2.45) is 0 Å². The van der Waals surface area contributed by atoms with E-state index in [1.807, 2.05) is 54.7 Å². The molecule has 0 saturated carbocycles. The topological polar surface area (TPSA) is 63.3 Å². The van der Waals surface area contributed by atoms with E-state index in [0.29, 0.717) is 23.6 Å². The Hall–Kier alpha value is -3.25. The molecular weight excluding hydrogens is 456 g/mol.